The standard InChI is InChI=1S/C15H25N3OS/c1-4-17-7-12-13(8-17)18(6-5-14(12)19-3)9-15-11(2)16-10-20-15/h10,12-14H,4-9H2,1-3H3/t12-,13+,14-/m0/s1. The van der Waals surface area contributed by atoms with Gasteiger partial charge in [-0.1, -0.05) is 6.92 Å². The molecule has 0 aliphatic carbocycles. The lowest BCUT2D eigenvalue weighted by molar-refractivity contribution is -0.0242. The van der Waals surface area contributed by atoms with E-state index in [0.717, 1.165) is 26.1 Å². The largest absolute Gasteiger partial charge is 0.381 e. The maximum absolute atomic E-state index is 5.74. The number of rotatable bonds is 4. The van der Waals surface area contributed by atoms with E-state index in [1.807, 2.05) is 12.6 Å². The summed E-state index contributed by atoms with van der Waals surface area (Å²) in [5, 5.41) is 0. The van der Waals surface area contributed by atoms with Crippen LogP contribution in [0.1, 0.15) is 23.9 Å². The van der Waals surface area contributed by atoms with Gasteiger partial charge in [-0.2, -0.15) is 0 Å². The Balaban J connectivity index is 1.74. The Kier molecular flexibility index (Phi) is 4.40. The topological polar surface area (TPSA) is 28.6 Å². The van der Waals surface area contributed by atoms with Gasteiger partial charge in [-0.25, -0.2) is 4.98 Å². The van der Waals surface area contributed by atoms with Gasteiger partial charge in [0, 0.05) is 50.1 Å². The molecule has 2 fully saturated rings. The van der Waals surface area contributed by atoms with Crippen LogP contribution in [0.5, 0.6) is 0 Å². The summed E-state index contributed by atoms with van der Waals surface area (Å²) in [5.74, 6) is 0.668. The second kappa shape index (κ2) is 6.10. The van der Waals surface area contributed by atoms with Gasteiger partial charge in [-0.05, 0) is 19.9 Å². The first-order valence-corrected chi connectivity index (χ1v) is 8.49. The molecule has 1 aromatic rings. The molecule has 2 saturated heterocycles. The molecule has 1 aromatic heterocycles. The number of hydrogen-bond acceptors (Lipinski definition) is 5. The highest BCUT2D eigenvalue weighted by molar-refractivity contribution is 7.09. The average molecular weight is 295 g/mol. The maximum atomic E-state index is 5.74. The van der Waals surface area contributed by atoms with Gasteiger partial charge in [0.25, 0.3) is 0 Å². The summed E-state index contributed by atoms with van der Waals surface area (Å²) < 4.78 is 5.74. The van der Waals surface area contributed by atoms with E-state index in [4.69, 9.17) is 4.74 Å². The second-order valence-corrected chi connectivity index (χ2v) is 6.92. The Morgan fingerprint density at radius 3 is 2.95 bits per heavy atom. The molecular weight excluding hydrogens is 270 g/mol. The molecule has 20 heavy (non-hydrogen) atoms. The summed E-state index contributed by atoms with van der Waals surface area (Å²) in [6, 6.07) is 0.648. The van der Waals surface area contributed by atoms with E-state index in [9.17, 15) is 0 Å². The third-order valence-electron chi connectivity index (χ3n) is 5.00. The van der Waals surface area contributed by atoms with E-state index in [0.29, 0.717) is 18.1 Å². The number of fused-ring (bicyclic) bond motifs is 1. The Morgan fingerprint density at radius 2 is 2.30 bits per heavy atom. The van der Waals surface area contributed by atoms with E-state index in [1.165, 1.54) is 23.7 Å². The second-order valence-electron chi connectivity index (χ2n) is 5.98. The van der Waals surface area contributed by atoms with Crippen LogP contribution in [0.4, 0.5) is 0 Å². The van der Waals surface area contributed by atoms with Crippen LogP contribution in [0, 0.1) is 12.8 Å². The zero-order chi connectivity index (χ0) is 14.1. The molecule has 0 unspecified atom stereocenters. The van der Waals surface area contributed by atoms with Crippen molar-refractivity contribution in [2.24, 2.45) is 5.92 Å². The van der Waals surface area contributed by atoms with Crippen LogP contribution in [0.15, 0.2) is 5.51 Å². The summed E-state index contributed by atoms with van der Waals surface area (Å²) in [4.78, 5) is 11.0. The molecule has 0 bridgehead atoms. The quantitative estimate of drug-likeness (QED) is 0.849. The SMILES string of the molecule is CCN1C[C@@H]2[C@@H](OC)CCN(Cc3scnc3C)[C@@H]2C1. The minimum Gasteiger partial charge on any atom is -0.381 e. The lowest BCUT2D eigenvalue weighted by Crippen LogP contribution is -2.50. The highest BCUT2D eigenvalue weighted by Crippen LogP contribution is 2.33. The zero-order valence-electron chi connectivity index (χ0n) is 12.7. The van der Waals surface area contributed by atoms with Crippen LogP contribution in [-0.4, -0.2) is 60.2 Å². The van der Waals surface area contributed by atoms with Crippen LogP contribution in [0.25, 0.3) is 0 Å². The van der Waals surface area contributed by atoms with E-state index < -0.39 is 0 Å². The molecule has 0 spiro atoms. The van der Waals surface area contributed by atoms with E-state index in [-0.39, 0.29) is 0 Å². The number of aryl methyl sites for hydroxylation is 1. The van der Waals surface area contributed by atoms with Crippen LogP contribution >= 0.6 is 11.3 Å². The van der Waals surface area contributed by atoms with E-state index in [1.54, 1.807) is 11.3 Å². The molecule has 2 aliphatic heterocycles. The molecule has 5 heteroatoms. The number of nitrogens with zero attached hydrogens (tertiary/aromatic N) is 3. The van der Waals surface area contributed by atoms with Crippen molar-refractivity contribution in [3.05, 3.63) is 16.1 Å². The number of methoxy groups -OCH3 is 1. The van der Waals surface area contributed by atoms with Gasteiger partial charge in [0.05, 0.1) is 17.3 Å². The highest BCUT2D eigenvalue weighted by Gasteiger charge is 2.43. The number of ether oxygens (including phenoxy) is 1. The minimum atomic E-state index is 0.440. The summed E-state index contributed by atoms with van der Waals surface area (Å²) in [5.41, 5.74) is 3.17. The van der Waals surface area contributed by atoms with Crippen molar-refractivity contribution in [1.29, 1.82) is 0 Å². The first-order chi connectivity index (χ1) is 9.72. The Morgan fingerprint density at radius 1 is 1.45 bits per heavy atom. The van der Waals surface area contributed by atoms with Crippen molar-refractivity contribution in [2.45, 2.75) is 39.0 Å². The summed E-state index contributed by atoms with van der Waals surface area (Å²) in [6.07, 6.45) is 1.60. The van der Waals surface area contributed by atoms with Crippen LogP contribution in [0.3, 0.4) is 0 Å². The number of likely N-dealkylation sites (N-methyl/N-ethyl adjacent to an activating group) is 1. The number of thiazole rings is 1. The van der Waals surface area contributed by atoms with Crippen molar-refractivity contribution < 1.29 is 4.74 Å². The number of piperidine rings is 1. The predicted octanol–water partition coefficient (Wildman–Crippen LogP) is 1.99. The third-order valence-corrected chi connectivity index (χ3v) is 5.92. The van der Waals surface area contributed by atoms with Crippen molar-refractivity contribution in [3.63, 3.8) is 0 Å². The van der Waals surface area contributed by atoms with Crippen LogP contribution in [0.2, 0.25) is 0 Å². The van der Waals surface area contributed by atoms with Gasteiger partial charge in [-0.15, -0.1) is 11.3 Å². The predicted molar refractivity (Wildman–Crippen MR) is 82.1 cm³/mol. The van der Waals surface area contributed by atoms with Crippen molar-refractivity contribution in [3.8, 4) is 0 Å². The molecule has 0 aromatic carbocycles. The fourth-order valence-corrected chi connectivity index (χ4v) is 4.53. The number of likely N-dealkylation sites (tertiary alicyclic amines) is 2. The third kappa shape index (κ3) is 2.64. The monoisotopic (exact) mass is 295 g/mol. The first-order valence-electron chi connectivity index (χ1n) is 7.61. The molecular formula is C15H25N3OS. The van der Waals surface area contributed by atoms with Crippen LogP contribution < -0.4 is 0 Å². The fourth-order valence-electron chi connectivity index (χ4n) is 3.73. The lowest BCUT2D eigenvalue weighted by Gasteiger charge is -2.41. The van der Waals surface area contributed by atoms with Gasteiger partial charge in [-0.3, -0.25) is 4.90 Å². The number of hydrogen-bond donors (Lipinski definition) is 0. The van der Waals surface area contributed by atoms with Crippen LogP contribution in [-0.2, 0) is 11.3 Å². The molecule has 0 saturated carbocycles. The first kappa shape index (κ1) is 14.4. The molecule has 4 nitrogen and oxygen atoms in total. The van der Waals surface area contributed by atoms with Gasteiger partial charge in [0.2, 0.25) is 0 Å². The summed E-state index contributed by atoms with van der Waals surface area (Å²) >= 11 is 1.79. The molecule has 3 heterocycles. The molecule has 3 atom stereocenters. The molecule has 3 rings (SSSR count). The number of aromatic nitrogens is 1. The molecule has 112 valence electrons. The summed E-state index contributed by atoms with van der Waals surface area (Å²) in [7, 11) is 1.87. The Hall–Kier alpha value is -0.490. The summed E-state index contributed by atoms with van der Waals surface area (Å²) in [6.45, 7) is 10.1. The van der Waals surface area contributed by atoms with Gasteiger partial charge < -0.3 is 9.64 Å². The van der Waals surface area contributed by atoms with Gasteiger partial charge in [0.15, 0.2) is 0 Å². The average Bonchev–Trinajstić information content (AvgIpc) is 3.06. The normalized spacial score (nSPS) is 31.6. The Labute approximate surface area is 125 Å². The Bertz CT molecular complexity index is 450. The van der Waals surface area contributed by atoms with Gasteiger partial charge in [0.1, 0.15) is 0 Å². The molecule has 0 radical (unpaired) electrons. The lowest BCUT2D eigenvalue weighted by atomic mass is 9.89. The molecule has 0 amide bonds. The van der Waals surface area contributed by atoms with E-state index in [2.05, 4.69) is 28.6 Å². The van der Waals surface area contributed by atoms with Gasteiger partial charge >= 0.3 is 0 Å². The molecule has 2 aliphatic rings. The van der Waals surface area contributed by atoms with Crippen molar-refractivity contribution in [1.82, 2.24) is 14.8 Å². The molecule has 0 N–H and O–H groups in total. The van der Waals surface area contributed by atoms with E-state index >= 15 is 0 Å². The smallest absolute Gasteiger partial charge is 0.0798 e. The highest BCUT2D eigenvalue weighted by atomic mass is 32.1. The zero-order valence-corrected chi connectivity index (χ0v) is 13.5. The van der Waals surface area contributed by atoms with Crippen molar-refractivity contribution >= 4 is 11.3 Å². The fraction of sp³-hybridized carbons (Fsp3) is 0.800. The maximum Gasteiger partial charge on any atom is 0.0798 e. The van der Waals surface area contributed by atoms with Crippen molar-refractivity contribution in [2.75, 3.05) is 33.3 Å². The minimum absolute atomic E-state index is 0.440.